The molecule has 0 radical (unpaired) electrons. The molecule has 3 heteroatoms. The van der Waals surface area contributed by atoms with Gasteiger partial charge in [-0.25, -0.2) is 4.98 Å². The number of piperidine rings is 1. The highest BCUT2D eigenvalue weighted by atomic mass is 14.9. The van der Waals surface area contributed by atoms with Gasteiger partial charge in [0.1, 0.15) is 0 Å². The first kappa shape index (κ1) is 9.54. The Bertz CT molecular complexity index is 606. The highest BCUT2D eigenvalue weighted by Crippen LogP contribution is 2.44. The van der Waals surface area contributed by atoms with Crippen molar-refractivity contribution in [2.45, 2.75) is 25.2 Å². The molecule has 1 aliphatic heterocycles. The third kappa shape index (κ3) is 1.32. The van der Waals surface area contributed by atoms with Crippen LogP contribution in [-0.2, 0) is 0 Å². The molecule has 1 aliphatic carbocycles. The molecule has 86 valence electrons. The molecule has 2 unspecified atom stereocenters. The molecular weight excluding hydrogens is 210 g/mol. The van der Waals surface area contributed by atoms with Crippen LogP contribution in [0.1, 0.15) is 35.1 Å². The van der Waals surface area contributed by atoms with E-state index in [0.717, 1.165) is 29.8 Å². The normalized spacial score (nSPS) is 26.2. The maximum atomic E-state index is 4.58. The number of hydrogen-bond acceptors (Lipinski definition) is 3. The molecule has 0 saturated carbocycles. The Labute approximate surface area is 100 Å². The zero-order chi connectivity index (χ0) is 11.4. The first-order chi connectivity index (χ1) is 8.31. The molecule has 0 amide bonds. The van der Waals surface area contributed by atoms with Crippen molar-refractivity contribution in [3.05, 3.63) is 35.2 Å². The molecule has 0 spiro atoms. The Morgan fingerprint density at radius 2 is 1.82 bits per heavy atom. The van der Waals surface area contributed by atoms with Gasteiger partial charge in [0.05, 0.1) is 16.7 Å². The van der Waals surface area contributed by atoms with E-state index in [1.165, 1.54) is 17.5 Å². The monoisotopic (exact) mass is 225 g/mol. The van der Waals surface area contributed by atoms with E-state index >= 15 is 0 Å². The lowest BCUT2D eigenvalue weighted by molar-refractivity contribution is 0.454. The van der Waals surface area contributed by atoms with E-state index in [1.807, 2.05) is 13.1 Å². The Hall–Kier alpha value is -1.48. The van der Waals surface area contributed by atoms with Gasteiger partial charge in [0.2, 0.25) is 0 Å². The van der Waals surface area contributed by atoms with Gasteiger partial charge in [-0.3, -0.25) is 4.98 Å². The molecule has 4 rings (SSSR count). The summed E-state index contributed by atoms with van der Waals surface area (Å²) < 4.78 is 0. The second-order valence-electron chi connectivity index (χ2n) is 5.27. The average Bonchev–Trinajstić information content (AvgIpc) is 2.59. The number of aryl methyl sites for hydroxylation is 1. The van der Waals surface area contributed by atoms with Crippen molar-refractivity contribution < 1.29 is 0 Å². The van der Waals surface area contributed by atoms with Crippen LogP contribution in [-0.4, -0.2) is 23.1 Å². The quantitative estimate of drug-likeness (QED) is 0.746. The van der Waals surface area contributed by atoms with Crippen LogP contribution >= 0.6 is 0 Å². The molecule has 1 aromatic heterocycles. The third-order valence-corrected chi connectivity index (χ3v) is 4.10. The number of rotatable bonds is 0. The SMILES string of the molecule is Cc1cnc2cc3c(cc2n1)C1CNCC3C1. The first-order valence-electron chi connectivity index (χ1n) is 6.29. The Kier molecular flexibility index (Phi) is 1.83. The van der Waals surface area contributed by atoms with Crippen LogP contribution in [0.25, 0.3) is 11.0 Å². The maximum absolute atomic E-state index is 4.58. The van der Waals surface area contributed by atoms with Gasteiger partial charge in [0, 0.05) is 19.3 Å². The predicted octanol–water partition coefficient (Wildman–Crippen LogP) is 2.11. The number of aromatic nitrogens is 2. The van der Waals surface area contributed by atoms with Gasteiger partial charge in [0.15, 0.2) is 0 Å². The summed E-state index contributed by atoms with van der Waals surface area (Å²) in [7, 11) is 0. The van der Waals surface area contributed by atoms with E-state index < -0.39 is 0 Å². The number of benzene rings is 1. The zero-order valence-corrected chi connectivity index (χ0v) is 9.90. The summed E-state index contributed by atoms with van der Waals surface area (Å²) in [6, 6.07) is 4.52. The number of hydrogen-bond donors (Lipinski definition) is 1. The lowest BCUT2D eigenvalue weighted by atomic mass is 9.98. The third-order valence-electron chi connectivity index (χ3n) is 4.10. The first-order valence-corrected chi connectivity index (χ1v) is 6.29. The van der Waals surface area contributed by atoms with Crippen LogP contribution in [0.5, 0.6) is 0 Å². The number of nitrogens with zero attached hydrogens (tertiary/aromatic N) is 2. The molecule has 1 saturated heterocycles. The summed E-state index contributed by atoms with van der Waals surface area (Å²) in [5, 5.41) is 3.52. The fourth-order valence-corrected chi connectivity index (χ4v) is 3.31. The van der Waals surface area contributed by atoms with Crippen LogP contribution in [0.2, 0.25) is 0 Å². The maximum Gasteiger partial charge on any atom is 0.0893 e. The fraction of sp³-hybridized carbons (Fsp3) is 0.429. The highest BCUT2D eigenvalue weighted by molar-refractivity contribution is 5.77. The van der Waals surface area contributed by atoms with Crippen molar-refractivity contribution in [2.75, 3.05) is 13.1 Å². The predicted molar refractivity (Wildman–Crippen MR) is 67.2 cm³/mol. The van der Waals surface area contributed by atoms with Crippen molar-refractivity contribution >= 4 is 11.0 Å². The molecule has 2 atom stereocenters. The molecule has 17 heavy (non-hydrogen) atoms. The van der Waals surface area contributed by atoms with E-state index in [2.05, 4.69) is 27.4 Å². The molecular formula is C14H15N3. The van der Waals surface area contributed by atoms with Gasteiger partial charge >= 0.3 is 0 Å². The van der Waals surface area contributed by atoms with E-state index in [0.29, 0.717) is 11.8 Å². The van der Waals surface area contributed by atoms with Crippen LogP contribution < -0.4 is 5.32 Å². The smallest absolute Gasteiger partial charge is 0.0893 e. The molecule has 2 aromatic rings. The van der Waals surface area contributed by atoms with Crippen LogP contribution in [0.15, 0.2) is 18.3 Å². The second-order valence-corrected chi connectivity index (χ2v) is 5.27. The molecule has 3 nitrogen and oxygen atoms in total. The standard InChI is InChI=1S/C14H15N3/c1-8-5-16-13-3-11-9-2-10(7-15-6-9)12(11)4-14(13)17-8/h3-5,9-10,15H,2,6-7H2,1H3. The summed E-state index contributed by atoms with van der Waals surface area (Å²) in [6.45, 7) is 4.24. The average molecular weight is 225 g/mol. The highest BCUT2D eigenvalue weighted by Gasteiger charge is 2.34. The molecule has 1 aromatic carbocycles. The summed E-state index contributed by atoms with van der Waals surface area (Å²) in [6.07, 6.45) is 3.16. The van der Waals surface area contributed by atoms with E-state index in [9.17, 15) is 0 Å². The van der Waals surface area contributed by atoms with Crippen molar-refractivity contribution in [3.8, 4) is 0 Å². The van der Waals surface area contributed by atoms with Crippen molar-refractivity contribution in [2.24, 2.45) is 0 Å². The fourth-order valence-electron chi connectivity index (χ4n) is 3.31. The molecule has 1 N–H and O–H groups in total. The zero-order valence-electron chi connectivity index (χ0n) is 9.90. The van der Waals surface area contributed by atoms with Gasteiger partial charge in [-0.2, -0.15) is 0 Å². The minimum atomic E-state index is 0.690. The Morgan fingerprint density at radius 1 is 1.12 bits per heavy atom. The van der Waals surface area contributed by atoms with Crippen molar-refractivity contribution in [3.63, 3.8) is 0 Å². The number of nitrogens with one attached hydrogen (secondary N) is 1. The Balaban J connectivity index is 1.99. The van der Waals surface area contributed by atoms with Gasteiger partial charge < -0.3 is 5.32 Å². The Morgan fingerprint density at radius 3 is 2.59 bits per heavy atom. The van der Waals surface area contributed by atoms with Crippen LogP contribution in [0, 0.1) is 6.92 Å². The molecule has 1 fully saturated rings. The van der Waals surface area contributed by atoms with Crippen molar-refractivity contribution in [1.29, 1.82) is 0 Å². The minimum Gasteiger partial charge on any atom is -0.316 e. The topological polar surface area (TPSA) is 37.8 Å². The largest absolute Gasteiger partial charge is 0.316 e. The summed E-state index contributed by atoms with van der Waals surface area (Å²) in [4.78, 5) is 9.07. The van der Waals surface area contributed by atoms with E-state index in [1.54, 1.807) is 0 Å². The van der Waals surface area contributed by atoms with E-state index in [-0.39, 0.29) is 0 Å². The van der Waals surface area contributed by atoms with Gasteiger partial charge in [-0.15, -0.1) is 0 Å². The molecule has 2 bridgehead atoms. The molecule has 2 heterocycles. The van der Waals surface area contributed by atoms with Gasteiger partial charge in [-0.1, -0.05) is 0 Å². The minimum absolute atomic E-state index is 0.690. The van der Waals surface area contributed by atoms with Crippen molar-refractivity contribution in [1.82, 2.24) is 15.3 Å². The number of fused-ring (bicyclic) bond motifs is 6. The second kappa shape index (κ2) is 3.26. The van der Waals surface area contributed by atoms with E-state index in [4.69, 9.17) is 0 Å². The lowest BCUT2D eigenvalue weighted by Gasteiger charge is -2.19. The summed E-state index contributed by atoms with van der Waals surface area (Å²) in [5.41, 5.74) is 6.10. The lowest BCUT2D eigenvalue weighted by Crippen LogP contribution is -2.28. The van der Waals surface area contributed by atoms with Crippen LogP contribution in [0.4, 0.5) is 0 Å². The van der Waals surface area contributed by atoms with Crippen LogP contribution in [0.3, 0.4) is 0 Å². The van der Waals surface area contributed by atoms with Gasteiger partial charge in [0.25, 0.3) is 0 Å². The summed E-state index contributed by atoms with van der Waals surface area (Å²) >= 11 is 0. The van der Waals surface area contributed by atoms with Gasteiger partial charge in [-0.05, 0) is 48.4 Å². The summed E-state index contributed by atoms with van der Waals surface area (Å²) in [5.74, 6) is 1.38. The molecule has 2 aliphatic rings.